The molecule has 27 heavy (non-hydrogen) atoms. The average molecular weight is 386 g/mol. The van der Waals surface area contributed by atoms with Gasteiger partial charge in [-0.2, -0.15) is 5.26 Å². The first kappa shape index (κ1) is 19.3. The van der Waals surface area contributed by atoms with Gasteiger partial charge in [-0.15, -0.1) is 0 Å². The summed E-state index contributed by atoms with van der Waals surface area (Å²) in [5, 5.41) is 19.4. The summed E-state index contributed by atoms with van der Waals surface area (Å²) in [5.41, 5.74) is 1.64. The van der Waals surface area contributed by atoms with E-state index in [0.717, 1.165) is 55.9 Å². The fourth-order valence-corrected chi connectivity index (χ4v) is 3.40. The maximum absolute atomic E-state index is 11.4. The predicted octanol–water partition coefficient (Wildman–Crippen LogP) is 1.74. The van der Waals surface area contributed by atoms with Crippen LogP contribution >= 0.6 is 0 Å². The molecule has 2 aromatic carbocycles. The molecule has 0 unspecified atom stereocenters. The normalized spacial score (nSPS) is 16.2. The monoisotopic (exact) mass is 386 g/mol. The number of nitriles is 1. The Morgan fingerprint density at radius 1 is 1.22 bits per heavy atom. The minimum absolute atomic E-state index is 0.455. The molecule has 0 radical (unpaired) electrons. The number of nitrogens with two attached hydrogens (primary N) is 1. The first-order valence-corrected chi connectivity index (χ1v) is 10.2. The van der Waals surface area contributed by atoms with Gasteiger partial charge in [0.15, 0.2) is 4.91 Å². The van der Waals surface area contributed by atoms with Gasteiger partial charge in [-0.1, -0.05) is 18.2 Å². The Kier molecular flexibility index (Phi) is 6.08. The highest BCUT2D eigenvalue weighted by molar-refractivity contribution is 7.93. The van der Waals surface area contributed by atoms with E-state index in [-0.39, 0.29) is 0 Å². The number of benzene rings is 2. The Labute approximate surface area is 159 Å². The molecule has 0 spiro atoms. The minimum Gasteiger partial charge on any atom is -0.384 e. The third-order valence-electron chi connectivity index (χ3n) is 4.44. The third-order valence-corrected chi connectivity index (χ3v) is 5.26. The molecular formula is C19H22N4O3S. The molecule has 0 atom stereocenters. The zero-order valence-corrected chi connectivity index (χ0v) is 15.7. The topological polar surface area (TPSA) is 108 Å². The highest BCUT2D eigenvalue weighted by Gasteiger charge is 2.11. The lowest BCUT2D eigenvalue weighted by molar-refractivity contribution is 0.0398. The summed E-state index contributed by atoms with van der Waals surface area (Å²) in [7, 11) is -4.01. The Balaban J connectivity index is 1.69. The van der Waals surface area contributed by atoms with Gasteiger partial charge in [-0.25, -0.2) is 13.6 Å². The number of anilines is 1. The molecule has 0 aromatic heterocycles. The fourth-order valence-electron chi connectivity index (χ4n) is 2.98. The molecule has 0 saturated carbocycles. The first-order valence-electron chi connectivity index (χ1n) is 8.68. The van der Waals surface area contributed by atoms with Crippen molar-refractivity contribution in [2.24, 2.45) is 5.14 Å². The number of hydrogen-bond donors (Lipinski definition) is 2. The largest absolute Gasteiger partial charge is 0.384 e. The lowest BCUT2D eigenvalue weighted by Crippen LogP contribution is -2.38. The van der Waals surface area contributed by atoms with Crippen LogP contribution in [0.25, 0.3) is 16.8 Å². The number of rotatable bonds is 6. The van der Waals surface area contributed by atoms with Gasteiger partial charge in [0.25, 0.3) is 0 Å². The second-order valence-electron chi connectivity index (χ2n) is 6.37. The molecule has 8 heteroatoms. The van der Waals surface area contributed by atoms with Crippen LogP contribution in [0.2, 0.25) is 0 Å². The number of hydrogen-bond acceptors (Lipinski definition) is 6. The summed E-state index contributed by atoms with van der Waals surface area (Å²) in [6, 6.07) is 13.1. The first-order chi connectivity index (χ1) is 13.0. The van der Waals surface area contributed by atoms with Crippen LogP contribution in [0.1, 0.15) is 5.56 Å². The SMILES string of the molecule is N#C/C(=C\c1ccc2cc(NCCN3CCOCC3)ccc2c1)S(N)(=O)=O. The molecule has 3 N–H and O–H groups in total. The van der Waals surface area contributed by atoms with Gasteiger partial charge in [-0.3, -0.25) is 4.90 Å². The Bertz CT molecular complexity index is 990. The quantitative estimate of drug-likeness (QED) is 0.732. The highest BCUT2D eigenvalue weighted by Crippen LogP contribution is 2.22. The Hall–Kier alpha value is -2.44. The van der Waals surface area contributed by atoms with Gasteiger partial charge in [0, 0.05) is 31.9 Å². The molecule has 142 valence electrons. The second-order valence-corrected chi connectivity index (χ2v) is 7.90. The van der Waals surface area contributed by atoms with Crippen molar-refractivity contribution in [2.75, 3.05) is 44.7 Å². The van der Waals surface area contributed by atoms with Gasteiger partial charge in [-0.05, 0) is 40.6 Å². The van der Waals surface area contributed by atoms with Crippen LogP contribution in [0.15, 0.2) is 41.3 Å². The maximum atomic E-state index is 11.4. The van der Waals surface area contributed by atoms with Crippen LogP contribution < -0.4 is 10.5 Å². The number of primary sulfonamides is 1. The van der Waals surface area contributed by atoms with Crippen LogP contribution in [-0.2, 0) is 14.8 Å². The Morgan fingerprint density at radius 2 is 1.93 bits per heavy atom. The smallest absolute Gasteiger partial charge is 0.248 e. The number of fused-ring (bicyclic) bond motifs is 1. The zero-order valence-electron chi connectivity index (χ0n) is 14.9. The number of nitrogens with zero attached hydrogens (tertiary/aromatic N) is 2. The number of sulfonamides is 1. The summed E-state index contributed by atoms with van der Waals surface area (Å²) in [5.74, 6) is 0. The van der Waals surface area contributed by atoms with Crippen LogP contribution in [0, 0.1) is 11.3 Å². The van der Waals surface area contributed by atoms with E-state index in [1.165, 1.54) is 6.08 Å². The molecule has 1 fully saturated rings. The van der Waals surface area contributed by atoms with Crippen molar-refractivity contribution in [3.63, 3.8) is 0 Å². The molecule has 7 nitrogen and oxygen atoms in total. The molecule has 3 rings (SSSR count). The van der Waals surface area contributed by atoms with Gasteiger partial charge in [0.1, 0.15) is 6.07 Å². The Morgan fingerprint density at radius 3 is 2.63 bits per heavy atom. The van der Waals surface area contributed by atoms with Crippen molar-refractivity contribution in [3.8, 4) is 6.07 Å². The molecule has 2 aromatic rings. The zero-order chi connectivity index (χ0) is 19.3. The third kappa shape index (κ3) is 5.28. The highest BCUT2D eigenvalue weighted by atomic mass is 32.2. The molecule has 0 bridgehead atoms. The summed E-state index contributed by atoms with van der Waals surface area (Å²) in [4.78, 5) is 1.91. The fraction of sp³-hybridized carbons (Fsp3) is 0.316. The minimum atomic E-state index is -4.01. The van der Waals surface area contributed by atoms with E-state index >= 15 is 0 Å². The van der Waals surface area contributed by atoms with Crippen molar-refractivity contribution in [3.05, 3.63) is 46.9 Å². The molecular weight excluding hydrogens is 364 g/mol. The van der Waals surface area contributed by atoms with Crippen LogP contribution in [0.3, 0.4) is 0 Å². The molecule has 1 aliphatic heterocycles. The molecule has 0 aliphatic carbocycles. The summed E-state index contributed by atoms with van der Waals surface area (Å²) in [6.07, 6.45) is 1.28. The molecule has 1 saturated heterocycles. The number of allylic oxidation sites excluding steroid dienone is 1. The number of nitrogens with one attached hydrogen (secondary N) is 1. The lowest BCUT2D eigenvalue weighted by atomic mass is 10.1. The van der Waals surface area contributed by atoms with Crippen molar-refractivity contribution in [1.82, 2.24) is 4.90 Å². The van der Waals surface area contributed by atoms with E-state index in [0.29, 0.717) is 5.56 Å². The van der Waals surface area contributed by atoms with Gasteiger partial charge in [0.05, 0.1) is 13.2 Å². The summed E-state index contributed by atoms with van der Waals surface area (Å²) < 4.78 is 28.1. The standard InChI is InChI=1S/C19H22N4O3S/c20-14-19(27(21,24)25)12-15-1-2-17-13-18(4-3-16(17)11-15)22-5-6-23-7-9-26-10-8-23/h1-4,11-13,22H,5-10H2,(H2,21,24,25)/b19-12+. The van der Waals surface area contributed by atoms with Crippen LogP contribution in [-0.4, -0.2) is 52.7 Å². The van der Waals surface area contributed by atoms with Gasteiger partial charge >= 0.3 is 0 Å². The van der Waals surface area contributed by atoms with Crippen molar-refractivity contribution >= 4 is 32.6 Å². The number of morpholine rings is 1. The second kappa shape index (κ2) is 8.50. The summed E-state index contributed by atoms with van der Waals surface area (Å²) >= 11 is 0. The van der Waals surface area contributed by atoms with Crippen LogP contribution in [0.4, 0.5) is 5.69 Å². The average Bonchev–Trinajstić information content (AvgIpc) is 2.66. The molecule has 1 heterocycles. The van der Waals surface area contributed by atoms with E-state index in [1.807, 2.05) is 30.3 Å². The molecule has 1 aliphatic rings. The van der Waals surface area contributed by atoms with E-state index in [2.05, 4.69) is 10.2 Å². The summed E-state index contributed by atoms with van der Waals surface area (Å²) in [6.45, 7) is 5.36. The van der Waals surface area contributed by atoms with Crippen molar-refractivity contribution in [2.45, 2.75) is 0 Å². The maximum Gasteiger partial charge on any atom is 0.248 e. The lowest BCUT2D eigenvalue weighted by Gasteiger charge is -2.26. The van der Waals surface area contributed by atoms with Crippen LogP contribution in [0.5, 0.6) is 0 Å². The van der Waals surface area contributed by atoms with Gasteiger partial charge < -0.3 is 10.1 Å². The van der Waals surface area contributed by atoms with Crippen molar-refractivity contribution in [1.29, 1.82) is 5.26 Å². The van der Waals surface area contributed by atoms with Crippen molar-refractivity contribution < 1.29 is 13.2 Å². The van der Waals surface area contributed by atoms with E-state index < -0.39 is 14.9 Å². The predicted molar refractivity (Wildman–Crippen MR) is 106 cm³/mol. The van der Waals surface area contributed by atoms with E-state index in [9.17, 15) is 8.42 Å². The molecule has 0 amide bonds. The number of ether oxygens (including phenoxy) is 1. The van der Waals surface area contributed by atoms with E-state index in [1.54, 1.807) is 12.1 Å². The van der Waals surface area contributed by atoms with Gasteiger partial charge in [0.2, 0.25) is 10.0 Å². The van der Waals surface area contributed by atoms with E-state index in [4.69, 9.17) is 15.1 Å².